The van der Waals surface area contributed by atoms with Crippen molar-refractivity contribution in [3.63, 3.8) is 0 Å². The summed E-state index contributed by atoms with van der Waals surface area (Å²) in [5, 5.41) is 0. The zero-order valence-corrected chi connectivity index (χ0v) is 8.30. The standard InChI is InChI=1S/C7H16NO2P/c1-7(2)8-5-4-6-10-11(8,3)9/h7H,4-6H2,1-3H3. The van der Waals surface area contributed by atoms with Crippen molar-refractivity contribution in [3.8, 4) is 0 Å². The van der Waals surface area contributed by atoms with Gasteiger partial charge in [0.25, 0.3) is 7.52 Å². The average Bonchev–Trinajstić information content (AvgIpc) is 1.85. The van der Waals surface area contributed by atoms with Crippen LogP contribution < -0.4 is 0 Å². The Bertz CT molecular complexity index is 181. The zero-order valence-electron chi connectivity index (χ0n) is 7.41. The van der Waals surface area contributed by atoms with Gasteiger partial charge in [-0.3, -0.25) is 4.57 Å². The third-order valence-electron chi connectivity index (χ3n) is 1.93. The van der Waals surface area contributed by atoms with Crippen molar-refractivity contribution in [3.05, 3.63) is 0 Å². The molecule has 1 rings (SSSR count). The first-order valence-corrected chi connectivity index (χ1v) is 6.05. The molecule has 3 nitrogen and oxygen atoms in total. The van der Waals surface area contributed by atoms with E-state index in [-0.39, 0.29) is 0 Å². The molecule has 1 saturated heterocycles. The molecule has 0 aromatic rings. The van der Waals surface area contributed by atoms with E-state index in [9.17, 15) is 4.57 Å². The predicted octanol–water partition coefficient (Wildman–Crippen LogP) is 1.94. The Hall–Kier alpha value is 0.150. The first-order valence-electron chi connectivity index (χ1n) is 4.03. The minimum Gasteiger partial charge on any atom is -0.318 e. The number of hydrogen-bond acceptors (Lipinski definition) is 2. The Kier molecular flexibility index (Phi) is 2.74. The van der Waals surface area contributed by atoms with Crippen molar-refractivity contribution in [2.75, 3.05) is 19.8 Å². The van der Waals surface area contributed by atoms with E-state index in [1.54, 1.807) is 6.66 Å². The fourth-order valence-electron chi connectivity index (χ4n) is 1.39. The van der Waals surface area contributed by atoms with Crippen LogP contribution in [0.25, 0.3) is 0 Å². The summed E-state index contributed by atoms with van der Waals surface area (Å²) in [5.74, 6) is 0. The van der Waals surface area contributed by atoms with Gasteiger partial charge in [0.2, 0.25) is 0 Å². The van der Waals surface area contributed by atoms with Gasteiger partial charge in [0.15, 0.2) is 0 Å². The smallest absolute Gasteiger partial charge is 0.269 e. The van der Waals surface area contributed by atoms with E-state index in [4.69, 9.17) is 4.52 Å². The van der Waals surface area contributed by atoms with Gasteiger partial charge in [0.05, 0.1) is 6.61 Å². The third kappa shape index (κ3) is 2.05. The second kappa shape index (κ2) is 3.26. The average molecular weight is 177 g/mol. The Balaban J connectivity index is 2.68. The summed E-state index contributed by atoms with van der Waals surface area (Å²) in [4.78, 5) is 0. The lowest BCUT2D eigenvalue weighted by atomic mass is 10.3. The van der Waals surface area contributed by atoms with Crippen molar-refractivity contribution in [2.45, 2.75) is 26.3 Å². The van der Waals surface area contributed by atoms with E-state index in [2.05, 4.69) is 0 Å². The molecule has 0 N–H and O–H groups in total. The summed E-state index contributed by atoms with van der Waals surface area (Å²) in [5.41, 5.74) is 0. The van der Waals surface area contributed by atoms with Crippen LogP contribution in [0.3, 0.4) is 0 Å². The summed E-state index contributed by atoms with van der Waals surface area (Å²) < 4.78 is 18.9. The molecule has 1 aliphatic heterocycles. The van der Waals surface area contributed by atoms with Gasteiger partial charge in [-0.2, -0.15) is 0 Å². The van der Waals surface area contributed by atoms with Crippen LogP contribution >= 0.6 is 7.52 Å². The van der Waals surface area contributed by atoms with Crippen LogP contribution in [0.5, 0.6) is 0 Å². The molecule has 0 aliphatic carbocycles. The van der Waals surface area contributed by atoms with Gasteiger partial charge >= 0.3 is 0 Å². The maximum absolute atomic E-state index is 11.7. The Labute approximate surface area is 68.2 Å². The highest BCUT2D eigenvalue weighted by atomic mass is 31.2. The van der Waals surface area contributed by atoms with Gasteiger partial charge in [-0.25, -0.2) is 4.67 Å². The second-order valence-corrected chi connectivity index (χ2v) is 5.62. The molecule has 1 atom stereocenters. The second-order valence-electron chi connectivity index (χ2n) is 3.25. The molecule has 0 aromatic carbocycles. The molecule has 4 heteroatoms. The van der Waals surface area contributed by atoms with E-state index in [0.717, 1.165) is 13.0 Å². The van der Waals surface area contributed by atoms with Crippen molar-refractivity contribution in [2.24, 2.45) is 0 Å². The number of rotatable bonds is 1. The number of nitrogens with zero attached hydrogens (tertiary/aromatic N) is 1. The monoisotopic (exact) mass is 177 g/mol. The molecule has 0 radical (unpaired) electrons. The van der Waals surface area contributed by atoms with Gasteiger partial charge in [-0.1, -0.05) is 0 Å². The lowest BCUT2D eigenvalue weighted by Crippen LogP contribution is -2.33. The molecule has 0 spiro atoms. The Morgan fingerprint density at radius 2 is 2.18 bits per heavy atom. The first-order chi connectivity index (χ1) is 5.04. The number of hydrogen-bond donors (Lipinski definition) is 0. The predicted molar refractivity (Wildman–Crippen MR) is 45.9 cm³/mol. The zero-order chi connectivity index (χ0) is 8.48. The van der Waals surface area contributed by atoms with Gasteiger partial charge in [-0.15, -0.1) is 0 Å². The SMILES string of the molecule is CC(C)N1CCCOP1(C)=O. The van der Waals surface area contributed by atoms with Gasteiger partial charge in [-0.05, 0) is 20.3 Å². The molecule has 1 heterocycles. The largest absolute Gasteiger partial charge is 0.318 e. The van der Waals surface area contributed by atoms with E-state index >= 15 is 0 Å². The Morgan fingerprint density at radius 3 is 2.55 bits per heavy atom. The van der Waals surface area contributed by atoms with E-state index in [1.807, 2.05) is 18.5 Å². The van der Waals surface area contributed by atoms with Crippen LogP contribution in [0.4, 0.5) is 0 Å². The maximum Gasteiger partial charge on any atom is 0.269 e. The minimum atomic E-state index is -2.42. The van der Waals surface area contributed by atoms with Crippen LogP contribution in [0, 0.1) is 0 Å². The van der Waals surface area contributed by atoms with Gasteiger partial charge in [0.1, 0.15) is 0 Å². The minimum absolute atomic E-state index is 0.325. The normalized spacial score (nSPS) is 34.5. The first kappa shape index (κ1) is 9.24. The van der Waals surface area contributed by atoms with Crippen LogP contribution in [0.2, 0.25) is 0 Å². The van der Waals surface area contributed by atoms with Crippen molar-refractivity contribution >= 4 is 7.52 Å². The lowest BCUT2D eigenvalue weighted by molar-refractivity contribution is 0.191. The van der Waals surface area contributed by atoms with E-state index in [0.29, 0.717) is 12.6 Å². The highest BCUT2D eigenvalue weighted by Crippen LogP contribution is 2.50. The fraction of sp³-hybridized carbons (Fsp3) is 1.00. The molecule has 11 heavy (non-hydrogen) atoms. The third-order valence-corrected chi connectivity index (χ3v) is 4.18. The molecule has 66 valence electrons. The summed E-state index contributed by atoms with van der Waals surface area (Å²) in [6.45, 7) is 7.35. The fourth-order valence-corrected chi connectivity index (χ4v) is 3.35. The molecular weight excluding hydrogens is 161 g/mol. The summed E-state index contributed by atoms with van der Waals surface area (Å²) in [6, 6.07) is 0.325. The van der Waals surface area contributed by atoms with Crippen molar-refractivity contribution in [1.82, 2.24) is 4.67 Å². The van der Waals surface area contributed by atoms with Crippen LogP contribution in [0.1, 0.15) is 20.3 Å². The van der Waals surface area contributed by atoms with Crippen LogP contribution in [0.15, 0.2) is 0 Å². The molecule has 1 fully saturated rings. The summed E-state index contributed by atoms with van der Waals surface area (Å²) in [6.07, 6.45) is 0.996. The molecule has 0 aromatic heterocycles. The Morgan fingerprint density at radius 1 is 1.55 bits per heavy atom. The van der Waals surface area contributed by atoms with Crippen LogP contribution in [-0.4, -0.2) is 30.5 Å². The van der Waals surface area contributed by atoms with Gasteiger partial charge < -0.3 is 4.52 Å². The van der Waals surface area contributed by atoms with Crippen molar-refractivity contribution < 1.29 is 9.09 Å². The molecule has 0 amide bonds. The molecule has 1 aliphatic rings. The molecular formula is C7H16NO2P. The highest BCUT2D eigenvalue weighted by molar-refractivity contribution is 7.55. The molecule has 0 bridgehead atoms. The molecule has 0 saturated carbocycles. The summed E-state index contributed by atoms with van der Waals surface area (Å²) in [7, 11) is -2.42. The van der Waals surface area contributed by atoms with E-state index < -0.39 is 7.52 Å². The lowest BCUT2D eigenvalue weighted by Gasteiger charge is -2.35. The van der Waals surface area contributed by atoms with Crippen LogP contribution in [-0.2, 0) is 9.09 Å². The quantitative estimate of drug-likeness (QED) is 0.573. The summed E-state index contributed by atoms with van der Waals surface area (Å²) >= 11 is 0. The molecule has 1 unspecified atom stereocenters. The van der Waals surface area contributed by atoms with Gasteiger partial charge in [0, 0.05) is 19.3 Å². The van der Waals surface area contributed by atoms with Crippen molar-refractivity contribution in [1.29, 1.82) is 0 Å². The van der Waals surface area contributed by atoms with E-state index in [1.165, 1.54) is 0 Å². The topological polar surface area (TPSA) is 29.5 Å². The maximum atomic E-state index is 11.7. The highest BCUT2D eigenvalue weighted by Gasteiger charge is 2.31.